The van der Waals surface area contributed by atoms with Gasteiger partial charge < -0.3 is 10.2 Å². The lowest BCUT2D eigenvalue weighted by molar-refractivity contribution is 0.670. The number of anilines is 1. The molecule has 1 N–H and O–H groups in total. The molecule has 1 saturated carbocycles. The third-order valence-corrected chi connectivity index (χ3v) is 2.89. The molecule has 1 aliphatic rings. The number of hydrogen-bond acceptors (Lipinski definition) is 4. The van der Waals surface area contributed by atoms with Crippen LogP contribution in [0.15, 0.2) is 18.2 Å². The molecule has 1 heterocycles. The van der Waals surface area contributed by atoms with Gasteiger partial charge in [-0.2, -0.15) is 0 Å². The van der Waals surface area contributed by atoms with Crippen LogP contribution in [0.1, 0.15) is 31.2 Å². The topological polar surface area (TPSA) is 41.1 Å². The average Bonchev–Trinajstić information content (AvgIpc) is 3.08. The first-order chi connectivity index (χ1) is 8.54. The molecular formula is C14H22N4. The van der Waals surface area contributed by atoms with Crippen molar-refractivity contribution in [2.24, 2.45) is 0 Å². The monoisotopic (exact) mass is 246 g/mol. The lowest BCUT2D eigenvalue weighted by Crippen LogP contribution is -2.23. The molecule has 0 radical (unpaired) electrons. The number of nitrogens with one attached hydrogen (secondary N) is 1. The lowest BCUT2D eigenvalue weighted by atomic mass is 10.3. The van der Waals surface area contributed by atoms with E-state index in [2.05, 4.69) is 21.9 Å². The van der Waals surface area contributed by atoms with Crippen molar-refractivity contribution in [3.8, 4) is 0 Å². The maximum Gasteiger partial charge on any atom is 0.225 e. The lowest BCUT2D eigenvalue weighted by Gasteiger charge is -2.18. The van der Waals surface area contributed by atoms with Crippen LogP contribution in [-0.4, -0.2) is 29.6 Å². The Kier molecular flexibility index (Phi) is 3.97. The summed E-state index contributed by atoms with van der Waals surface area (Å²) < 4.78 is 0. The molecule has 1 aromatic heterocycles. The normalized spacial score (nSPS) is 14.6. The van der Waals surface area contributed by atoms with E-state index in [1.807, 2.05) is 31.9 Å². The van der Waals surface area contributed by atoms with Crippen molar-refractivity contribution in [2.45, 2.75) is 39.3 Å². The molecule has 4 nitrogen and oxygen atoms in total. The van der Waals surface area contributed by atoms with Gasteiger partial charge in [-0.25, -0.2) is 9.97 Å². The van der Waals surface area contributed by atoms with Gasteiger partial charge >= 0.3 is 0 Å². The van der Waals surface area contributed by atoms with Crippen LogP contribution in [-0.2, 0) is 6.54 Å². The van der Waals surface area contributed by atoms with E-state index in [-0.39, 0.29) is 0 Å². The Labute approximate surface area is 109 Å². The largest absolute Gasteiger partial charge is 0.340 e. The van der Waals surface area contributed by atoms with E-state index in [0.717, 1.165) is 36.0 Å². The fourth-order valence-electron chi connectivity index (χ4n) is 1.89. The fraction of sp³-hybridized carbons (Fsp3) is 0.571. The summed E-state index contributed by atoms with van der Waals surface area (Å²) in [5, 5.41) is 3.48. The van der Waals surface area contributed by atoms with Crippen LogP contribution in [0.4, 0.5) is 5.95 Å². The molecule has 1 fully saturated rings. The van der Waals surface area contributed by atoms with E-state index < -0.39 is 0 Å². The Bertz CT molecular complexity index is 437. The number of rotatable bonds is 6. The molecule has 0 aromatic carbocycles. The van der Waals surface area contributed by atoms with Gasteiger partial charge in [0.05, 0.1) is 5.69 Å². The average molecular weight is 246 g/mol. The molecule has 4 heteroatoms. The summed E-state index contributed by atoms with van der Waals surface area (Å²) >= 11 is 0. The van der Waals surface area contributed by atoms with Crippen LogP contribution in [0.2, 0.25) is 0 Å². The maximum atomic E-state index is 4.60. The van der Waals surface area contributed by atoms with Gasteiger partial charge in [0.1, 0.15) is 0 Å². The minimum Gasteiger partial charge on any atom is -0.340 e. The summed E-state index contributed by atoms with van der Waals surface area (Å²) in [5.41, 5.74) is 3.19. The van der Waals surface area contributed by atoms with E-state index in [1.165, 1.54) is 12.8 Å². The van der Waals surface area contributed by atoms with Crippen LogP contribution >= 0.6 is 0 Å². The number of aromatic nitrogens is 2. The third kappa shape index (κ3) is 3.81. The number of hydrogen-bond donors (Lipinski definition) is 1. The Morgan fingerprint density at radius 2 is 2.22 bits per heavy atom. The van der Waals surface area contributed by atoms with Gasteiger partial charge in [-0.1, -0.05) is 12.2 Å². The second-order valence-corrected chi connectivity index (χ2v) is 5.27. The van der Waals surface area contributed by atoms with E-state index in [0.29, 0.717) is 6.04 Å². The maximum absolute atomic E-state index is 4.60. The van der Waals surface area contributed by atoms with E-state index >= 15 is 0 Å². The SMILES string of the molecule is C=C(C)CN(C)c1nc(C)cc(CNC2CC2)n1. The quantitative estimate of drug-likeness (QED) is 0.780. The predicted octanol–water partition coefficient (Wildman–Crippen LogP) is 2.05. The highest BCUT2D eigenvalue weighted by atomic mass is 15.2. The van der Waals surface area contributed by atoms with Crippen molar-refractivity contribution in [2.75, 3.05) is 18.5 Å². The Morgan fingerprint density at radius 1 is 1.50 bits per heavy atom. The van der Waals surface area contributed by atoms with Crippen molar-refractivity contribution in [3.63, 3.8) is 0 Å². The summed E-state index contributed by atoms with van der Waals surface area (Å²) in [5.74, 6) is 0.783. The first kappa shape index (κ1) is 13.0. The van der Waals surface area contributed by atoms with Crippen molar-refractivity contribution >= 4 is 5.95 Å². The summed E-state index contributed by atoms with van der Waals surface area (Å²) in [6, 6.07) is 2.75. The number of nitrogens with zero attached hydrogens (tertiary/aromatic N) is 3. The predicted molar refractivity (Wildman–Crippen MR) is 74.7 cm³/mol. The second-order valence-electron chi connectivity index (χ2n) is 5.27. The van der Waals surface area contributed by atoms with Crippen molar-refractivity contribution in [1.82, 2.24) is 15.3 Å². The zero-order chi connectivity index (χ0) is 13.1. The van der Waals surface area contributed by atoms with Crippen LogP contribution in [0, 0.1) is 6.92 Å². The molecule has 0 saturated heterocycles. The molecule has 1 aromatic rings. The Hall–Kier alpha value is -1.42. The van der Waals surface area contributed by atoms with Crippen molar-refractivity contribution in [1.29, 1.82) is 0 Å². The van der Waals surface area contributed by atoms with Crippen LogP contribution in [0.5, 0.6) is 0 Å². The molecule has 0 amide bonds. The van der Waals surface area contributed by atoms with Gasteiger partial charge in [-0.3, -0.25) is 0 Å². The molecule has 0 spiro atoms. The zero-order valence-electron chi connectivity index (χ0n) is 11.5. The van der Waals surface area contributed by atoms with Crippen molar-refractivity contribution in [3.05, 3.63) is 29.6 Å². The highest BCUT2D eigenvalue weighted by Gasteiger charge is 2.20. The second kappa shape index (κ2) is 5.48. The van der Waals surface area contributed by atoms with Crippen LogP contribution in [0.3, 0.4) is 0 Å². The molecule has 0 aliphatic heterocycles. The molecule has 1 aliphatic carbocycles. The molecular weight excluding hydrogens is 224 g/mol. The highest BCUT2D eigenvalue weighted by Crippen LogP contribution is 2.19. The highest BCUT2D eigenvalue weighted by molar-refractivity contribution is 5.33. The minimum atomic E-state index is 0.705. The van der Waals surface area contributed by atoms with E-state index in [1.54, 1.807) is 0 Å². The summed E-state index contributed by atoms with van der Waals surface area (Å²) in [6.45, 7) is 9.58. The van der Waals surface area contributed by atoms with E-state index in [9.17, 15) is 0 Å². The molecule has 98 valence electrons. The third-order valence-electron chi connectivity index (χ3n) is 2.89. The smallest absolute Gasteiger partial charge is 0.225 e. The first-order valence-electron chi connectivity index (χ1n) is 6.48. The standard InChI is InChI=1S/C14H22N4/c1-10(2)9-18(4)14-16-11(3)7-13(17-14)8-15-12-5-6-12/h7,12,15H,1,5-6,8-9H2,2-4H3. The first-order valence-corrected chi connectivity index (χ1v) is 6.48. The van der Waals surface area contributed by atoms with E-state index in [4.69, 9.17) is 0 Å². The van der Waals surface area contributed by atoms with Gasteiger partial charge in [0.15, 0.2) is 0 Å². The fourth-order valence-corrected chi connectivity index (χ4v) is 1.89. The van der Waals surface area contributed by atoms with Gasteiger partial charge in [0, 0.05) is 31.9 Å². The minimum absolute atomic E-state index is 0.705. The van der Waals surface area contributed by atoms with Gasteiger partial charge in [0.2, 0.25) is 5.95 Å². The molecule has 2 rings (SSSR count). The van der Waals surface area contributed by atoms with Gasteiger partial charge in [-0.05, 0) is 32.8 Å². The van der Waals surface area contributed by atoms with Crippen LogP contribution in [0.25, 0.3) is 0 Å². The molecule has 0 bridgehead atoms. The number of aryl methyl sites for hydroxylation is 1. The number of likely N-dealkylation sites (N-methyl/N-ethyl adjacent to an activating group) is 1. The Balaban J connectivity index is 2.06. The molecule has 0 atom stereocenters. The van der Waals surface area contributed by atoms with Gasteiger partial charge in [0.25, 0.3) is 0 Å². The zero-order valence-corrected chi connectivity index (χ0v) is 11.5. The van der Waals surface area contributed by atoms with Gasteiger partial charge in [-0.15, -0.1) is 0 Å². The van der Waals surface area contributed by atoms with Crippen LogP contribution < -0.4 is 10.2 Å². The summed E-state index contributed by atoms with van der Waals surface area (Å²) in [6.07, 6.45) is 2.60. The molecule has 0 unspecified atom stereocenters. The Morgan fingerprint density at radius 3 is 2.83 bits per heavy atom. The molecule has 18 heavy (non-hydrogen) atoms. The van der Waals surface area contributed by atoms with Crippen molar-refractivity contribution < 1.29 is 0 Å². The summed E-state index contributed by atoms with van der Waals surface area (Å²) in [4.78, 5) is 11.1. The summed E-state index contributed by atoms with van der Waals surface area (Å²) in [7, 11) is 2.00.